The fourth-order valence-electron chi connectivity index (χ4n) is 4.32. The number of pyridine rings is 1. The van der Waals surface area contributed by atoms with E-state index in [4.69, 9.17) is 9.47 Å². The van der Waals surface area contributed by atoms with Crippen molar-refractivity contribution in [2.75, 3.05) is 27.4 Å². The number of aromatic nitrogens is 2. The van der Waals surface area contributed by atoms with Gasteiger partial charge in [-0.1, -0.05) is 18.2 Å². The van der Waals surface area contributed by atoms with Crippen LogP contribution in [0.4, 0.5) is 0 Å². The van der Waals surface area contributed by atoms with E-state index in [1.807, 2.05) is 42.6 Å². The van der Waals surface area contributed by atoms with E-state index < -0.39 is 17.7 Å². The van der Waals surface area contributed by atoms with Crippen LogP contribution in [0, 0.1) is 13.8 Å². The van der Waals surface area contributed by atoms with Gasteiger partial charge in [0.15, 0.2) is 5.76 Å². The minimum atomic E-state index is -0.762. The molecular weight excluding hydrogens is 422 g/mol. The van der Waals surface area contributed by atoms with Crippen molar-refractivity contribution in [1.29, 1.82) is 0 Å². The van der Waals surface area contributed by atoms with Crippen molar-refractivity contribution in [2.24, 2.45) is 0 Å². The van der Waals surface area contributed by atoms with Crippen LogP contribution < -0.4 is 4.74 Å². The Morgan fingerprint density at radius 3 is 2.64 bits per heavy atom. The maximum absolute atomic E-state index is 13.2. The second-order valence-corrected chi connectivity index (χ2v) is 8.05. The van der Waals surface area contributed by atoms with E-state index >= 15 is 0 Å². The molecule has 0 radical (unpaired) electrons. The number of benzene rings is 1. The number of methoxy groups -OCH3 is 2. The van der Waals surface area contributed by atoms with Gasteiger partial charge in [0.2, 0.25) is 0 Å². The molecule has 4 rings (SSSR count). The minimum absolute atomic E-state index is 0.0230. The molecule has 1 N–H and O–H groups in total. The molecule has 0 saturated carbocycles. The van der Waals surface area contributed by atoms with Crippen molar-refractivity contribution < 1.29 is 24.2 Å². The van der Waals surface area contributed by atoms with Crippen LogP contribution in [-0.4, -0.2) is 58.5 Å². The Kier molecular flexibility index (Phi) is 6.20. The quantitative estimate of drug-likeness (QED) is 0.257. The average molecular weight is 450 g/mol. The Morgan fingerprint density at radius 1 is 1.15 bits per heavy atom. The summed E-state index contributed by atoms with van der Waals surface area (Å²) in [7, 11) is 3.14. The summed E-state index contributed by atoms with van der Waals surface area (Å²) in [4.78, 5) is 32.3. The van der Waals surface area contributed by atoms with Gasteiger partial charge in [-0.2, -0.15) is 0 Å². The number of aliphatic hydroxyl groups is 1. The van der Waals surface area contributed by atoms with Gasteiger partial charge in [0.25, 0.3) is 11.7 Å². The van der Waals surface area contributed by atoms with E-state index in [2.05, 4.69) is 4.98 Å². The highest BCUT2D eigenvalue weighted by Crippen LogP contribution is 2.40. The molecular formula is C25H27N3O5. The number of ether oxygens (including phenoxy) is 2. The lowest BCUT2D eigenvalue weighted by atomic mass is 9.96. The molecule has 1 fully saturated rings. The number of imidazole rings is 1. The average Bonchev–Trinajstić information content (AvgIpc) is 3.29. The molecule has 1 aromatic carbocycles. The first-order valence-electron chi connectivity index (χ1n) is 10.7. The maximum atomic E-state index is 13.2. The maximum Gasteiger partial charge on any atom is 0.295 e. The third kappa shape index (κ3) is 3.87. The predicted molar refractivity (Wildman–Crippen MR) is 123 cm³/mol. The minimum Gasteiger partial charge on any atom is -0.505 e. The number of fused-ring (bicyclic) bond motifs is 1. The first kappa shape index (κ1) is 22.5. The first-order valence-corrected chi connectivity index (χ1v) is 10.7. The molecule has 8 nitrogen and oxygen atoms in total. The monoisotopic (exact) mass is 449 g/mol. The molecule has 1 aliphatic heterocycles. The van der Waals surface area contributed by atoms with Gasteiger partial charge in [0.1, 0.15) is 17.1 Å². The lowest BCUT2D eigenvalue weighted by Gasteiger charge is -2.25. The van der Waals surface area contributed by atoms with Crippen LogP contribution in [-0.2, 0) is 14.3 Å². The zero-order valence-corrected chi connectivity index (χ0v) is 19.2. The Balaban J connectivity index is 1.91. The molecule has 3 aromatic rings. The van der Waals surface area contributed by atoms with Crippen LogP contribution in [0.3, 0.4) is 0 Å². The Morgan fingerprint density at radius 2 is 1.94 bits per heavy atom. The standard InChI is InChI=1S/C25H27N3O5/c1-15-8-6-11-27-16(2)20(26-24(15)27)22(29)19-21(17-9-5-10-18(14-17)33-4)28(12-7-13-32-3)25(31)23(19)30/h5-6,8-11,14,21,29H,7,12-13H2,1-4H3/b22-19+. The molecule has 3 heterocycles. The second-order valence-electron chi connectivity index (χ2n) is 8.05. The smallest absolute Gasteiger partial charge is 0.295 e. The highest BCUT2D eigenvalue weighted by Gasteiger charge is 2.46. The molecule has 172 valence electrons. The lowest BCUT2D eigenvalue weighted by Crippen LogP contribution is -2.31. The Hall–Kier alpha value is -3.65. The predicted octanol–water partition coefficient (Wildman–Crippen LogP) is 3.42. The summed E-state index contributed by atoms with van der Waals surface area (Å²) in [6.07, 6.45) is 2.40. The summed E-state index contributed by atoms with van der Waals surface area (Å²) >= 11 is 0. The third-order valence-corrected chi connectivity index (χ3v) is 6.01. The molecule has 0 aliphatic carbocycles. The fourth-order valence-corrected chi connectivity index (χ4v) is 4.32. The number of hydrogen-bond donors (Lipinski definition) is 1. The van der Waals surface area contributed by atoms with Crippen molar-refractivity contribution in [3.8, 4) is 5.75 Å². The molecule has 1 atom stereocenters. The molecule has 8 heteroatoms. The summed E-state index contributed by atoms with van der Waals surface area (Å²) in [5.41, 5.74) is 3.28. The van der Waals surface area contributed by atoms with Crippen molar-refractivity contribution in [3.05, 3.63) is 70.7 Å². The van der Waals surface area contributed by atoms with Gasteiger partial charge < -0.3 is 23.9 Å². The number of likely N-dealkylation sites (tertiary alicyclic amines) is 1. The van der Waals surface area contributed by atoms with Crippen LogP contribution in [0.1, 0.15) is 35.0 Å². The van der Waals surface area contributed by atoms with Crippen molar-refractivity contribution >= 4 is 23.1 Å². The van der Waals surface area contributed by atoms with Crippen molar-refractivity contribution in [1.82, 2.24) is 14.3 Å². The molecule has 33 heavy (non-hydrogen) atoms. The van der Waals surface area contributed by atoms with Gasteiger partial charge in [-0.3, -0.25) is 9.59 Å². The number of rotatable bonds is 7. The van der Waals surface area contributed by atoms with E-state index in [0.717, 1.165) is 5.56 Å². The van der Waals surface area contributed by atoms with E-state index in [9.17, 15) is 14.7 Å². The van der Waals surface area contributed by atoms with Crippen LogP contribution in [0.25, 0.3) is 11.4 Å². The topological polar surface area (TPSA) is 93.4 Å². The molecule has 1 aliphatic rings. The zero-order valence-electron chi connectivity index (χ0n) is 19.2. The summed E-state index contributed by atoms with van der Waals surface area (Å²) in [6, 6.07) is 10.2. The molecule has 1 saturated heterocycles. The molecule has 1 unspecified atom stereocenters. The number of Topliss-reactive ketones (excluding diaryl/α,β-unsaturated/α-hetero) is 1. The van der Waals surface area contributed by atoms with Gasteiger partial charge in [-0.15, -0.1) is 0 Å². The number of amides is 1. The Labute approximate surface area is 192 Å². The highest BCUT2D eigenvalue weighted by atomic mass is 16.5. The zero-order chi connectivity index (χ0) is 23.7. The highest BCUT2D eigenvalue weighted by molar-refractivity contribution is 6.46. The molecule has 0 bridgehead atoms. The number of nitrogens with zero attached hydrogens (tertiary/aromatic N) is 3. The number of hydrogen-bond acceptors (Lipinski definition) is 6. The van der Waals surface area contributed by atoms with Gasteiger partial charge in [0.05, 0.1) is 24.4 Å². The van der Waals surface area contributed by atoms with E-state index in [1.54, 1.807) is 32.4 Å². The Bertz CT molecular complexity index is 1260. The van der Waals surface area contributed by atoms with Crippen molar-refractivity contribution in [2.45, 2.75) is 26.3 Å². The number of aliphatic hydroxyl groups excluding tert-OH is 1. The number of aryl methyl sites for hydroxylation is 2. The fraction of sp³-hybridized carbons (Fsp3) is 0.320. The summed E-state index contributed by atoms with van der Waals surface area (Å²) in [5.74, 6) is -1.07. The van der Waals surface area contributed by atoms with Gasteiger partial charge >= 0.3 is 0 Å². The van der Waals surface area contributed by atoms with E-state index in [0.29, 0.717) is 42.2 Å². The second kappa shape index (κ2) is 9.07. The van der Waals surface area contributed by atoms with Crippen LogP contribution in [0.5, 0.6) is 5.75 Å². The molecule has 0 spiro atoms. The lowest BCUT2D eigenvalue weighted by molar-refractivity contribution is -0.140. The number of ketones is 1. The molecule has 2 aromatic heterocycles. The van der Waals surface area contributed by atoms with Crippen LogP contribution >= 0.6 is 0 Å². The molecule has 1 amide bonds. The SMILES string of the molecule is COCCCN1C(=O)C(=O)/C(=C(/O)c2nc3c(C)cccn3c2C)C1c1cccc(OC)c1. The van der Waals surface area contributed by atoms with Gasteiger partial charge in [0, 0.05) is 26.5 Å². The van der Waals surface area contributed by atoms with Crippen LogP contribution in [0.2, 0.25) is 0 Å². The summed E-state index contributed by atoms with van der Waals surface area (Å²) in [6.45, 7) is 4.50. The van der Waals surface area contributed by atoms with E-state index in [-0.39, 0.29) is 17.0 Å². The van der Waals surface area contributed by atoms with Gasteiger partial charge in [-0.05, 0) is 49.6 Å². The summed E-state index contributed by atoms with van der Waals surface area (Å²) < 4.78 is 12.3. The van der Waals surface area contributed by atoms with Crippen molar-refractivity contribution in [3.63, 3.8) is 0 Å². The largest absolute Gasteiger partial charge is 0.505 e. The van der Waals surface area contributed by atoms with E-state index in [1.165, 1.54) is 4.90 Å². The van der Waals surface area contributed by atoms with Gasteiger partial charge in [-0.25, -0.2) is 4.98 Å². The third-order valence-electron chi connectivity index (χ3n) is 6.01. The normalized spacial score (nSPS) is 17.8. The number of carbonyl (C=O) groups is 2. The van der Waals surface area contributed by atoms with Crippen LogP contribution in [0.15, 0.2) is 48.2 Å². The number of carbonyl (C=O) groups excluding carboxylic acids is 2. The summed E-state index contributed by atoms with van der Waals surface area (Å²) in [5, 5.41) is 11.4. The first-order chi connectivity index (χ1) is 15.9.